The quantitative estimate of drug-likeness (QED) is 0.763. The van der Waals surface area contributed by atoms with Gasteiger partial charge in [0.2, 0.25) is 5.91 Å². The number of piperidine rings is 1. The van der Waals surface area contributed by atoms with E-state index in [1.165, 1.54) is 45.2 Å². The van der Waals surface area contributed by atoms with Gasteiger partial charge in [0.1, 0.15) is 0 Å². The first-order valence-electron chi connectivity index (χ1n) is 10.5. The summed E-state index contributed by atoms with van der Waals surface area (Å²) in [5, 5.41) is 0.764. The van der Waals surface area contributed by atoms with Gasteiger partial charge in [0, 0.05) is 37.1 Å². The highest BCUT2D eigenvalue weighted by molar-refractivity contribution is 6.31. The van der Waals surface area contributed by atoms with Gasteiger partial charge in [-0.1, -0.05) is 49.1 Å². The number of fused-ring (bicyclic) bond motifs is 1. The molecule has 4 heteroatoms. The van der Waals surface area contributed by atoms with Crippen molar-refractivity contribution in [1.82, 2.24) is 9.80 Å². The second-order valence-corrected chi connectivity index (χ2v) is 8.88. The Labute approximate surface area is 162 Å². The van der Waals surface area contributed by atoms with Gasteiger partial charge in [-0.15, -0.1) is 0 Å². The van der Waals surface area contributed by atoms with Gasteiger partial charge in [0.25, 0.3) is 0 Å². The van der Waals surface area contributed by atoms with Crippen LogP contribution in [-0.2, 0) is 11.3 Å². The van der Waals surface area contributed by atoms with Crippen molar-refractivity contribution in [3.8, 4) is 0 Å². The van der Waals surface area contributed by atoms with E-state index in [0.717, 1.165) is 41.8 Å². The maximum absolute atomic E-state index is 12.7. The monoisotopic (exact) mass is 374 g/mol. The molecule has 0 spiro atoms. The lowest BCUT2D eigenvalue weighted by Crippen LogP contribution is -2.47. The van der Waals surface area contributed by atoms with E-state index in [4.69, 9.17) is 11.6 Å². The Hall–Kier alpha value is -1.06. The average Bonchev–Trinajstić information content (AvgIpc) is 2.85. The van der Waals surface area contributed by atoms with Crippen molar-refractivity contribution in [2.45, 2.75) is 64.0 Å². The van der Waals surface area contributed by atoms with Crippen LogP contribution in [0.1, 0.15) is 56.9 Å². The Morgan fingerprint density at radius 2 is 1.77 bits per heavy atom. The lowest BCUT2D eigenvalue weighted by Gasteiger charge is -2.44. The van der Waals surface area contributed by atoms with E-state index in [1.807, 2.05) is 29.2 Å². The van der Waals surface area contributed by atoms with E-state index in [0.29, 0.717) is 24.9 Å². The molecular formula is C22H31ClN2O. The van der Waals surface area contributed by atoms with Gasteiger partial charge >= 0.3 is 0 Å². The maximum atomic E-state index is 12.7. The van der Waals surface area contributed by atoms with E-state index in [-0.39, 0.29) is 0 Å². The molecule has 1 saturated carbocycles. The number of benzene rings is 1. The molecule has 0 aromatic heterocycles. The van der Waals surface area contributed by atoms with Crippen molar-refractivity contribution < 1.29 is 4.79 Å². The molecule has 2 aliphatic heterocycles. The van der Waals surface area contributed by atoms with Crippen molar-refractivity contribution in [3.05, 3.63) is 34.9 Å². The van der Waals surface area contributed by atoms with E-state index < -0.39 is 0 Å². The Bertz CT molecular complexity index is 634. The topological polar surface area (TPSA) is 23.6 Å². The molecule has 4 rings (SSSR count). The Morgan fingerprint density at radius 1 is 0.962 bits per heavy atom. The molecule has 142 valence electrons. The molecule has 2 saturated heterocycles. The van der Waals surface area contributed by atoms with Crippen LogP contribution >= 0.6 is 11.6 Å². The van der Waals surface area contributed by atoms with Crippen molar-refractivity contribution in [1.29, 1.82) is 0 Å². The number of nitrogens with zero attached hydrogens (tertiary/aromatic N) is 2. The predicted octanol–water partition coefficient (Wildman–Crippen LogP) is 4.73. The minimum atomic E-state index is 0.292. The van der Waals surface area contributed by atoms with Crippen LogP contribution in [0, 0.1) is 11.8 Å². The van der Waals surface area contributed by atoms with E-state index in [2.05, 4.69) is 4.90 Å². The van der Waals surface area contributed by atoms with Crippen LogP contribution in [0.3, 0.4) is 0 Å². The highest BCUT2D eigenvalue weighted by Gasteiger charge is 2.35. The molecule has 1 aliphatic carbocycles. The van der Waals surface area contributed by atoms with Crippen LogP contribution < -0.4 is 0 Å². The molecule has 0 radical (unpaired) electrons. The third-order valence-electron chi connectivity index (χ3n) is 6.93. The van der Waals surface area contributed by atoms with Gasteiger partial charge in [-0.25, -0.2) is 0 Å². The summed E-state index contributed by atoms with van der Waals surface area (Å²) < 4.78 is 0. The fourth-order valence-electron chi connectivity index (χ4n) is 5.35. The number of halogens is 1. The molecule has 3 nitrogen and oxygen atoms in total. The lowest BCUT2D eigenvalue weighted by molar-refractivity contribution is -0.131. The maximum Gasteiger partial charge on any atom is 0.222 e. The molecule has 0 bridgehead atoms. The van der Waals surface area contributed by atoms with Crippen molar-refractivity contribution in [3.63, 3.8) is 0 Å². The number of rotatable bonds is 3. The fraction of sp³-hybridized carbons (Fsp3) is 0.682. The molecule has 2 heterocycles. The molecule has 1 aromatic carbocycles. The van der Waals surface area contributed by atoms with Crippen molar-refractivity contribution in [2.75, 3.05) is 19.6 Å². The lowest BCUT2D eigenvalue weighted by atomic mass is 9.74. The molecule has 1 amide bonds. The van der Waals surface area contributed by atoms with Gasteiger partial charge in [-0.05, 0) is 55.7 Å². The van der Waals surface area contributed by atoms with Crippen LogP contribution in [0.15, 0.2) is 24.3 Å². The van der Waals surface area contributed by atoms with Crippen LogP contribution in [-0.4, -0.2) is 41.4 Å². The fourth-order valence-corrected chi connectivity index (χ4v) is 5.54. The summed E-state index contributed by atoms with van der Waals surface area (Å²) >= 11 is 6.30. The van der Waals surface area contributed by atoms with E-state index in [9.17, 15) is 4.79 Å². The second-order valence-electron chi connectivity index (χ2n) is 8.48. The average molecular weight is 375 g/mol. The van der Waals surface area contributed by atoms with Gasteiger partial charge in [0.05, 0.1) is 0 Å². The summed E-state index contributed by atoms with van der Waals surface area (Å²) in [6, 6.07) is 8.47. The zero-order chi connectivity index (χ0) is 17.9. The molecule has 26 heavy (non-hydrogen) atoms. The summed E-state index contributed by atoms with van der Waals surface area (Å²) in [6.45, 7) is 4.02. The normalized spacial score (nSPS) is 30.7. The van der Waals surface area contributed by atoms with Crippen LogP contribution in [0.2, 0.25) is 5.02 Å². The molecule has 3 aliphatic rings. The Morgan fingerprint density at radius 3 is 2.62 bits per heavy atom. The summed E-state index contributed by atoms with van der Waals surface area (Å²) in [5.74, 6) is 2.18. The van der Waals surface area contributed by atoms with Crippen LogP contribution in [0.25, 0.3) is 0 Å². The first-order valence-corrected chi connectivity index (χ1v) is 10.8. The van der Waals surface area contributed by atoms with Crippen LogP contribution in [0.5, 0.6) is 0 Å². The van der Waals surface area contributed by atoms with Crippen LogP contribution in [0.4, 0.5) is 0 Å². The van der Waals surface area contributed by atoms with Gasteiger partial charge in [0.15, 0.2) is 0 Å². The number of amides is 1. The molecule has 0 N–H and O–H groups in total. The zero-order valence-electron chi connectivity index (χ0n) is 15.7. The summed E-state index contributed by atoms with van der Waals surface area (Å²) in [6.07, 6.45) is 9.92. The number of likely N-dealkylation sites (tertiary alicyclic amines) is 2. The highest BCUT2D eigenvalue weighted by atomic mass is 35.5. The molecular weight excluding hydrogens is 344 g/mol. The van der Waals surface area contributed by atoms with Crippen molar-refractivity contribution >= 4 is 17.5 Å². The number of hydrogen-bond acceptors (Lipinski definition) is 2. The van der Waals surface area contributed by atoms with Crippen molar-refractivity contribution in [2.24, 2.45) is 11.8 Å². The minimum absolute atomic E-state index is 0.292. The third-order valence-corrected chi connectivity index (χ3v) is 7.30. The summed E-state index contributed by atoms with van der Waals surface area (Å²) in [4.78, 5) is 17.4. The smallest absolute Gasteiger partial charge is 0.222 e. The SMILES string of the molecule is O=C1CCC(N2CC[C@@H]3CCCC[C@H]3C2)CCN1Cc1ccccc1Cl. The molecule has 1 aromatic rings. The third kappa shape index (κ3) is 4.09. The molecule has 1 unspecified atom stereocenters. The first-order chi connectivity index (χ1) is 12.7. The van der Waals surface area contributed by atoms with E-state index >= 15 is 0 Å². The summed E-state index contributed by atoms with van der Waals surface area (Å²) in [7, 11) is 0. The standard InChI is InChI=1S/C22H31ClN2O/c23-21-8-4-3-7-19(21)16-25-14-12-20(9-10-22(25)26)24-13-11-17-5-1-2-6-18(17)15-24/h3-4,7-8,17-18,20H,1-2,5-6,9-16H2/t17-,18-,20?/m0/s1. The first kappa shape index (κ1) is 18.3. The molecule has 3 fully saturated rings. The number of carbonyl (C=O) groups excluding carboxylic acids is 1. The Balaban J connectivity index is 1.36. The predicted molar refractivity (Wildman–Crippen MR) is 106 cm³/mol. The van der Waals surface area contributed by atoms with Gasteiger partial charge in [-0.3, -0.25) is 4.79 Å². The van der Waals surface area contributed by atoms with Gasteiger partial charge < -0.3 is 9.80 Å². The number of carbonyl (C=O) groups is 1. The minimum Gasteiger partial charge on any atom is -0.338 e. The van der Waals surface area contributed by atoms with E-state index in [1.54, 1.807) is 0 Å². The Kier molecular flexibility index (Phi) is 5.85. The molecule has 3 atom stereocenters. The number of hydrogen-bond donors (Lipinski definition) is 0. The largest absolute Gasteiger partial charge is 0.338 e. The highest BCUT2D eigenvalue weighted by Crippen LogP contribution is 2.37. The zero-order valence-corrected chi connectivity index (χ0v) is 16.5. The second kappa shape index (κ2) is 8.31. The van der Waals surface area contributed by atoms with Gasteiger partial charge in [-0.2, -0.15) is 0 Å². The summed E-state index contributed by atoms with van der Waals surface area (Å²) in [5.41, 5.74) is 1.06.